The molecule has 4 atom stereocenters. The van der Waals surface area contributed by atoms with Crippen LogP contribution in [0.3, 0.4) is 0 Å². The summed E-state index contributed by atoms with van der Waals surface area (Å²) in [5, 5.41) is 29.2. The third-order valence-corrected chi connectivity index (χ3v) is 3.69. The second kappa shape index (κ2) is 5.61. The van der Waals surface area contributed by atoms with Gasteiger partial charge >= 0.3 is 0 Å². The SMILES string of the molecule is C=CCc1ncnc2c1nc(N)n2C1O[C@H](CO)[C@@H](O)[C@H]1O. The molecule has 0 amide bonds. The first-order chi connectivity index (χ1) is 10.6. The summed E-state index contributed by atoms with van der Waals surface area (Å²) in [6.07, 6.45) is -0.819. The van der Waals surface area contributed by atoms with Gasteiger partial charge in [-0.05, 0) is 0 Å². The lowest BCUT2D eigenvalue weighted by atomic mass is 10.1. The zero-order chi connectivity index (χ0) is 15.9. The highest BCUT2D eigenvalue weighted by Crippen LogP contribution is 2.33. The van der Waals surface area contributed by atoms with Crippen molar-refractivity contribution < 1.29 is 20.1 Å². The highest BCUT2D eigenvalue weighted by atomic mass is 16.6. The third kappa shape index (κ3) is 2.15. The van der Waals surface area contributed by atoms with Crippen LogP contribution < -0.4 is 5.73 Å². The summed E-state index contributed by atoms with van der Waals surface area (Å²) < 4.78 is 6.88. The molecule has 22 heavy (non-hydrogen) atoms. The monoisotopic (exact) mass is 307 g/mol. The van der Waals surface area contributed by atoms with Gasteiger partial charge in [-0.1, -0.05) is 6.08 Å². The molecule has 2 aromatic heterocycles. The van der Waals surface area contributed by atoms with Crippen molar-refractivity contribution in [3.8, 4) is 0 Å². The van der Waals surface area contributed by atoms with Gasteiger partial charge in [0.2, 0.25) is 5.95 Å². The summed E-state index contributed by atoms with van der Waals surface area (Å²) in [5.41, 5.74) is 7.44. The number of nitrogens with zero attached hydrogens (tertiary/aromatic N) is 4. The summed E-state index contributed by atoms with van der Waals surface area (Å²) >= 11 is 0. The molecule has 9 heteroatoms. The van der Waals surface area contributed by atoms with Crippen molar-refractivity contribution >= 4 is 17.1 Å². The van der Waals surface area contributed by atoms with Crippen LogP contribution in [0.15, 0.2) is 19.0 Å². The van der Waals surface area contributed by atoms with E-state index < -0.39 is 31.1 Å². The summed E-state index contributed by atoms with van der Waals surface area (Å²) in [6, 6.07) is 0. The maximum absolute atomic E-state index is 10.1. The predicted octanol–water partition coefficient (Wildman–Crippen LogP) is -1.25. The van der Waals surface area contributed by atoms with Crippen molar-refractivity contribution in [1.82, 2.24) is 19.5 Å². The van der Waals surface area contributed by atoms with E-state index in [0.717, 1.165) is 0 Å². The molecule has 3 rings (SSSR count). The van der Waals surface area contributed by atoms with Crippen molar-refractivity contribution in [2.24, 2.45) is 0 Å². The lowest BCUT2D eigenvalue weighted by Gasteiger charge is -2.17. The van der Waals surface area contributed by atoms with Gasteiger partial charge in [-0.25, -0.2) is 15.0 Å². The zero-order valence-electron chi connectivity index (χ0n) is 11.7. The molecular formula is C13H17N5O4. The molecule has 1 aliphatic rings. The molecule has 1 fully saturated rings. The fourth-order valence-electron chi connectivity index (χ4n) is 2.60. The van der Waals surface area contributed by atoms with E-state index >= 15 is 0 Å². The van der Waals surface area contributed by atoms with Gasteiger partial charge in [-0.15, -0.1) is 6.58 Å². The van der Waals surface area contributed by atoms with Crippen molar-refractivity contribution in [1.29, 1.82) is 0 Å². The summed E-state index contributed by atoms with van der Waals surface area (Å²) in [6.45, 7) is 3.24. The summed E-state index contributed by atoms with van der Waals surface area (Å²) in [5.74, 6) is 0.0793. The van der Waals surface area contributed by atoms with E-state index in [4.69, 9.17) is 10.5 Å². The van der Waals surface area contributed by atoms with Crippen LogP contribution in [0.25, 0.3) is 11.2 Å². The number of rotatable bonds is 4. The number of nitrogen functional groups attached to an aromatic ring is 1. The number of imidazole rings is 1. The third-order valence-electron chi connectivity index (χ3n) is 3.69. The van der Waals surface area contributed by atoms with Crippen LogP contribution in [0.5, 0.6) is 0 Å². The summed E-state index contributed by atoms with van der Waals surface area (Å²) in [4.78, 5) is 12.5. The quantitative estimate of drug-likeness (QED) is 0.514. The van der Waals surface area contributed by atoms with Gasteiger partial charge in [-0.3, -0.25) is 4.57 Å². The van der Waals surface area contributed by atoms with Crippen LogP contribution in [0.4, 0.5) is 5.95 Å². The van der Waals surface area contributed by atoms with Crippen molar-refractivity contribution in [2.75, 3.05) is 12.3 Å². The zero-order valence-corrected chi connectivity index (χ0v) is 11.7. The molecule has 1 aliphatic heterocycles. The molecule has 0 radical (unpaired) electrons. The second-order valence-electron chi connectivity index (χ2n) is 5.05. The Labute approximate surface area is 125 Å². The first-order valence-corrected chi connectivity index (χ1v) is 6.79. The van der Waals surface area contributed by atoms with E-state index in [-0.39, 0.29) is 5.95 Å². The van der Waals surface area contributed by atoms with Crippen LogP contribution in [0.1, 0.15) is 11.9 Å². The van der Waals surface area contributed by atoms with Crippen LogP contribution >= 0.6 is 0 Å². The molecule has 9 nitrogen and oxygen atoms in total. The topological polar surface area (TPSA) is 140 Å². The fourth-order valence-corrected chi connectivity index (χ4v) is 2.60. The van der Waals surface area contributed by atoms with E-state index in [0.29, 0.717) is 23.3 Å². The lowest BCUT2D eigenvalue weighted by Crippen LogP contribution is -2.33. The maximum atomic E-state index is 10.1. The minimum Gasteiger partial charge on any atom is -0.394 e. The van der Waals surface area contributed by atoms with Gasteiger partial charge in [0.25, 0.3) is 0 Å². The summed E-state index contributed by atoms with van der Waals surface area (Å²) in [7, 11) is 0. The van der Waals surface area contributed by atoms with E-state index in [1.54, 1.807) is 6.08 Å². The highest BCUT2D eigenvalue weighted by molar-refractivity contribution is 5.76. The average molecular weight is 307 g/mol. The van der Waals surface area contributed by atoms with E-state index in [1.165, 1.54) is 10.9 Å². The Kier molecular flexibility index (Phi) is 3.79. The molecule has 118 valence electrons. The van der Waals surface area contributed by atoms with Gasteiger partial charge in [0, 0.05) is 6.42 Å². The first kappa shape index (κ1) is 14.9. The molecule has 1 saturated heterocycles. The Hall–Kier alpha value is -2.07. The van der Waals surface area contributed by atoms with E-state index in [2.05, 4.69) is 21.5 Å². The molecule has 0 saturated carbocycles. The number of aliphatic hydroxyl groups excluding tert-OH is 3. The molecule has 2 aromatic rings. The van der Waals surface area contributed by atoms with Gasteiger partial charge in [0.05, 0.1) is 12.3 Å². The number of aromatic nitrogens is 4. The van der Waals surface area contributed by atoms with Crippen LogP contribution in [-0.2, 0) is 11.2 Å². The number of anilines is 1. The average Bonchev–Trinajstić information content (AvgIpc) is 2.98. The lowest BCUT2D eigenvalue weighted by molar-refractivity contribution is -0.0500. The minimum atomic E-state index is -1.25. The van der Waals surface area contributed by atoms with Gasteiger partial charge in [-0.2, -0.15) is 0 Å². The molecule has 0 aromatic carbocycles. The number of hydrogen-bond acceptors (Lipinski definition) is 8. The molecule has 5 N–H and O–H groups in total. The minimum absolute atomic E-state index is 0.0793. The fraction of sp³-hybridized carbons (Fsp3) is 0.462. The Morgan fingerprint density at radius 2 is 2.14 bits per heavy atom. The Bertz CT molecular complexity index is 703. The van der Waals surface area contributed by atoms with Gasteiger partial charge < -0.3 is 25.8 Å². The standard InChI is InChI=1S/C13H17N5O4/c1-2-3-6-8-11(16-5-15-6)18(13(14)17-8)12-10(21)9(20)7(4-19)22-12/h2,5,7,9-10,12,19-21H,1,3-4H2,(H2,14,17)/t7-,9-,10-,12?/m1/s1. The first-order valence-electron chi connectivity index (χ1n) is 6.79. The second-order valence-corrected chi connectivity index (χ2v) is 5.05. The van der Waals surface area contributed by atoms with Crippen molar-refractivity contribution in [3.05, 3.63) is 24.7 Å². The van der Waals surface area contributed by atoms with Crippen molar-refractivity contribution in [2.45, 2.75) is 31.0 Å². The van der Waals surface area contributed by atoms with Gasteiger partial charge in [0.15, 0.2) is 11.9 Å². The van der Waals surface area contributed by atoms with Crippen LogP contribution in [0, 0.1) is 0 Å². The van der Waals surface area contributed by atoms with Gasteiger partial charge in [0.1, 0.15) is 30.2 Å². The number of nitrogens with two attached hydrogens (primary N) is 1. The molecule has 1 unspecified atom stereocenters. The molecule has 3 heterocycles. The smallest absolute Gasteiger partial charge is 0.204 e. The number of fused-ring (bicyclic) bond motifs is 1. The number of hydrogen-bond donors (Lipinski definition) is 4. The maximum Gasteiger partial charge on any atom is 0.204 e. The van der Waals surface area contributed by atoms with E-state index in [9.17, 15) is 15.3 Å². The number of ether oxygens (including phenoxy) is 1. The van der Waals surface area contributed by atoms with E-state index in [1.807, 2.05) is 0 Å². The predicted molar refractivity (Wildman–Crippen MR) is 76.6 cm³/mol. The number of allylic oxidation sites excluding steroid dienone is 1. The Morgan fingerprint density at radius 3 is 2.77 bits per heavy atom. The van der Waals surface area contributed by atoms with Crippen LogP contribution in [-0.4, -0.2) is 59.8 Å². The molecule has 0 spiro atoms. The number of aliphatic hydroxyl groups is 3. The molecule has 0 aliphatic carbocycles. The molecular weight excluding hydrogens is 290 g/mol. The Balaban J connectivity index is 2.10. The highest BCUT2D eigenvalue weighted by Gasteiger charge is 2.44. The van der Waals surface area contributed by atoms with Crippen molar-refractivity contribution in [3.63, 3.8) is 0 Å². The normalized spacial score (nSPS) is 28.3. The largest absolute Gasteiger partial charge is 0.394 e. The molecule has 0 bridgehead atoms. The van der Waals surface area contributed by atoms with Crippen LogP contribution in [0.2, 0.25) is 0 Å². The Morgan fingerprint density at radius 1 is 1.36 bits per heavy atom.